The number of carbonyl (C=O) groups is 1. The van der Waals surface area contributed by atoms with Gasteiger partial charge in [-0.25, -0.2) is 4.63 Å². The number of likely N-dealkylation sites (tertiary alicyclic amines) is 1. The minimum atomic E-state index is -0.344. The van der Waals surface area contributed by atoms with E-state index in [9.17, 15) is 9.59 Å². The summed E-state index contributed by atoms with van der Waals surface area (Å²) in [7, 11) is 0. The van der Waals surface area contributed by atoms with E-state index >= 15 is 0 Å². The number of carbonyl (C=O) groups excluding carboxylic acids is 1. The molecule has 1 aliphatic rings. The van der Waals surface area contributed by atoms with E-state index in [1.807, 2.05) is 6.07 Å². The smallest absolute Gasteiger partial charge is 0.261 e. The Morgan fingerprint density at radius 2 is 2.14 bits per heavy atom. The van der Waals surface area contributed by atoms with Gasteiger partial charge in [0.05, 0.1) is 6.04 Å². The van der Waals surface area contributed by atoms with Crippen molar-refractivity contribution in [2.24, 2.45) is 0 Å². The van der Waals surface area contributed by atoms with Crippen molar-refractivity contribution in [3.05, 3.63) is 44.6 Å². The van der Waals surface area contributed by atoms with Crippen molar-refractivity contribution in [1.29, 1.82) is 0 Å². The van der Waals surface area contributed by atoms with Gasteiger partial charge in [-0.3, -0.25) is 9.59 Å². The van der Waals surface area contributed by atoms with Crippen molar-refractivity contribution in [1.82, 2.24) is 20.2 Å². The van der Waals surface area contributed by atoms with E-state index in [0.29, 0.717) is 23.5 Å². The zero-order valence-corrected chi connectivity index (χ0v) is 12.8. The van der Waals surface area contributed by atoms with Crippen LogP contribution in [-0.2, 0) is 0 Å². The molecule has 2 aromatic rings. The van der Waals surface area contributed by atoms with Crippen LogP contribution in [0.1, 0.15) is 51.9 Å². The first kappa shape index (κ1) is 14.5. The number of nitrogens with one attached hydrogen (secondary N) is 1. The molecule has 7 nitrogen and oxygen atoms in total. The lowest BCUT2D eigenvalue weighted by atomic mass is 10.1. The summed E-state index contributed by atoms with van der Waals surface area (Å²) in [5.74, 6) is -0.261. The number of nitrogens with zero attached hydrogens (tertiary/aromatic N) is 3. The highest BCUT2D eigenvalue weighted by molar-refractivity contribution is 5.95. The zero-order valence-electron chi connectivity index (χ0n) is 12.8. The number of amides is 1. The Balaban J connectivity index is 1.99. The second-order valence-electron chi connectivity index (χ2n) is 5.73. The summed E-state index contributed by atoms with van der Waals surface area (Å²) in [6.07, 6.45) is 1.66. The van der Waals surface area contributed by atoms with Crippen LogP contribution in [0.3, 0.4) is 0 Å². The first-order valence-electron chi connectivity index (χ1n) is 7.29. The lowest BCUT2D eigenvalue weighted by Crippen LogP contribution is -2.35. The molecule has 0 saturated carbocycles. The van der Waals surface area contributed by atoms with E-state index in [1.165, 1.54) is 0 Å². The molecular formula is C15H18N4O3. The number of H-pyrrole nitrogens is 1. The van der Waals surface area contributed by atoms with E-state index in [0.717, 1.165) is 18.5 Å². The van der Waals surface area contributed by atoms with E-state index in [4.69, 9.17) is 4.63 Å². The molecule has 0 unspecified atom stereocenters. The van der Waals surface area contributed by atoms with Gasteiger partial charge in [0.1, 0.15) is 17.0 Å². The molecule has 1 aliphatic heterocycles. The summed E-state index contributed by atoms with van der Waals surface area (Å²) in [6, 6.07) is 1.63. The summed E-state index contributed by atoms with van der Waals surface area (Å²) in [6.45, 7) is 5.98. The summed E-state index contributed by atoms with van der Waals surface area (Å²) in [5, 5.41) is 7.70. The van der Waals surface area contributed by atoms with Gasteiger partial charge in [-0.2, -0.15) is 0 Å². The van der Waals surface area contributed by atoms with Crippen LogP contribution in [0.5, 0.6) is 0 Å². The van der Waals surface area contributed by atoms with Crippen LogP contribution >= 0.6 is 0 Å². The number of hydrogen-bond acceptors (Lipinski definition) is 5. The molecule has 0 aliphatic carbocycles. The Kier molecular flexibility index (Phi) is 3.56. The van der Waals surface area contributed by atoms with Crippen LogP contribution in [0.2, 0.25) is 0 Å². The van der Waals surface area contributed by atoms with Crippen LogP contribution in [0.4, 0.5) is 0 Å². The van der Waals surface area contributed by atoms with E-state index in [-0.39, 0.29) is 23.1 Å². The Morgan fingerprint density at radius 1 is 1.36 bits per heavy atom. The maximum atomic E-state index is 12.8. The van der Waals surface area contributed by atoms with Crippen LogP contribution in [0, 0.1) is 20.8 Å². The first-order chi connectivity index (χ1) is 10.5. The monoisotopic (exact) mass is 302 g/mol. The summed E-state index contributed by atoms with van der Waals surface area (Å²) in [4.78, 5) is 29.4. The topological polar surface area (TPSA) is 92.1 Å². The quantitative estimate of drug-likeness (QED) is 0.910. The number of aromatic amines is 1. The first-order valence-corrected chi connectivity index (χ1v) is 7.29. The molecule has 0 aromatic carbocycles. The molecule has 2 aromatic heterocycles. The molecule has 1 saturated heterocycles. The van der Waals surface area contributed by atoms with Crippen molar-refractivity contribution >= 4 is 5.91 Å². The number of rotatable bonds is 2. The molecule has 1 amide bonds. The molecule has 3 rings (SSSR count). The van der Waals surface area contributed by atoms with Crippen molar-refractivity contribution < 1.29 is 9.42 Å². The van der Waals surface area contributed by atoms with Gasteiger partial charge in [0.25, 0.3) is 11.5 Å². The highest BCUT2D eigenvalue weighted by Crippen LogP contribution is 2.33. The standard InChI is InChI=1S/C15H18N4O3/c1-8-7-9(2)16-14(20)12(8)15(21)19-6-4-5-11(19)13-10(3)17-22-18-13/h7,11H,4-6H2,1-3H3,(H,16,20)/t11-/m1/s1. The fourth-order valence-corrected chi connectivity index (χ4v) is 3.10. The Morgan fingerprint density at radius 3 is 2.77 bits per heavy atom. The second-order valence-corrected chi connectivity index (χ2v) is 5.73. The zero-order chi connectivity index (χ0) is 15.9. The summed E-state index contributed by atoms with van der Waals surface area (Å²) < 4.78 is 4.75. The highest BCUT2D eigenvalue weighted by atomic mass is 16.6. The molecular weight excluding hydrogens is 284 g/mol. The highest BCUT2D eigenvalue weighted by Gasteiger charge is 2.35. The van der Waals surface area contributed by atoms with E-state index in [1.54, 1.807) is 25.7 Å². The molecule has 1 atom stereocenters. The predicted octanol–water partition coefficient (Wildman–Crippen LogP) is 1.66. The third-order valence-electron chi connectivity index (χ3n) is 4.10. The fraction of sp³-hybridized carbons (Fsp3) is 0.467. The van der Waals surface area contributed by atoms with Gasteiger partial charge in [-0.1, -0.05) is 10.3 Å². The molecule has 3 heterocycles. The normalized spacial score (nSPS) is 18.0. The molecule has 1 N–H and O–H groups in total. The van der Waals surface area contributed by atoms with Crippen LogP contribution in [0.25, 0.3) is 0 Å². The largest absolute Gasteiger partial charge is 0.330 e. The van der Waals surface area contributed by atoms with Gasteiger partial charge in [-0.05, 0) is 45.2 Å². The fourth-order valence-electron chi connectivity index (χ4n) is 3.10. The maximum Gasteiger partial charge on any atom is 0.261 e. The third-order valence-corrected chi connectivity index (χ3v) is 4.10. The van der Waals surface area contributed by atoms with Gasteiger partial charge in [-0.15, -0.1) is 0 Å². The molecule has 0 bridgehead atoms. The van der Waals surface area contributed by atoms with Gasteiger partial charge in [0.15, 0.2) is 0 Å². The van der Waals surface area contributed by atoms with Gasteiger partial charge < -0.3 is 9.88 Å². The van der Waals surface area contributed by atoms with Gasteiger partial charge >= 0.3 is 0 Å². The summed E-state index contributed by atoms with van der Waals surface area (Å²) in [5.41, 5.74) is 2.64. The lowest BCUT2D eigenvalue weighted by Gasteiger charge is -2.23. The van der Waals surface area contributed by atoms with Crippen molar-refractivity contribution in [3.8, 4) is 0 Å². The van der Waals surface area contributed by atoms with Crippen LogP contribution < -0.4 is 5.56 Å². The molecule has 7 heteroatoms. The Labute approximate surface area is 127 Å². The van der Waals surface area contributed by atoms with Crippen LogP contribution in [-0.4, -0.2) is 32.6 Å². The SMILES string of the molecule is Cc1cc(C)c(C(=O)N2CCC[C@@H]2c2nonc2C)c(=O)[nH]1. The number of hydrogen-bond donors (Lipinski definition) is 1. The number of pyridine rings is 1. The lowest BCUT2D eigenvalue weighted by molar-refractivity contribution is 0.0727. The van der Waals surface area contributed by atoms with E-state index in [2.05, 4.69) is 15.3 Å². The van der Waals surface area contributed by atoms with Crippen LogP contribution in [0.15, 0.2) is 15.5 Å². The van der Waals surface area contributed by atoms with Crippen molar-refractivity contribution in [2.45, 2.75) is 39.7 Å². The Hall–Kier alpha value is -2.44. The second kappa shape index (κ2) is 5.40. The van der Waals surface area contributed by atoms with Crippen molar-refractivity contribution in [2.75, 3.05) is 6.54 Å². The minimum absolute atomic E-state index is 0.182. The third kappa shape index (κ3) is 2.32. The van der Waals surface area contributed by atoms with E-state index < -0.39 is 0 Å². The Bertz CT molecular complexity index is 777. The molecule has 116 valence electrons. The predicted molar refractivity (Wildman–Crippen MR) is 78.6 cm³/mol. The van der Waals surface area contributed by atoms with Gasteiger partial charge in [0, 0.05) is 12.2 Å². The molecule has 1 fully saturated rings. The number of aryl methyl sites for hydroxylation is 3. The van der Waals surface area contributed by atoms with Crippen molar-refractivity contribution in [3.63, 3.8) is 0 Å². The average Bonchev–Trinajstić information content (AvgIpc) is 3.05. The number of aromatic nitrogens is 3. The van der Waals surface area contributed by atoms with Gasteiger partial charge in [0.2, 0.25) is 0 Å². The molecule has 0 radical (unpaired) electrons. The average molecular weight is 302 g/mol. The summed E-state index contributed by atoms with van der Waals surface area (Å²) >= 11 is 0. The maximum absolute atomic E-state index is 12.8. The molecule has 22 heavy (non-hydrogen) atoms. The minimum Gasteiger partial charge on any atom is -0.330 e. The molecule has 0 spiro atoms.